The summed E-state index contributed by atoms with van der Waals surface area (Å²) in [7, 11) is 0. The van der Waals surface area contributed by atoms with Gasteiger partial charge >= 0.3 is 5.97 Å². The van der Waals surface area contributed by atoms with Crippen molar-refractivity contribution < 1.29 is 20.9 Å². The van der Waals surface area contributed by atoms with Crippen LogP contribution in [0.4, 0.5) is 0 Å². The molecule has 1 atom stereocenters. The first-order valence-electron chi connectivity index (χ1n) is 4.40. The van der Waals surface area contributed by atoms with Crippen LogP contribution in [0.2, 0.25) is 0 Å². The van der Waals surface area contributed by atoms with E-state index < -0.39 is 30.4 Å². The summed E-state index contributed by atoms with van der Waals surface area (Å²) in [6.45, 7) is 1.71. The van der Waals surface area contributed by atoms with Gasteiger partial charge in [-0.25, -0.2) is 0 Å². The lowest BCUT2D eigenvalue weighted by Crippen LogP contribution is -2.45. The minimum absolute atomic E-state index is 0.493. The standard InChI is InChI=1S/C8H12N2O4/c1-3-6(11)10-5(2)8(14)9-4-7(12)13/h3,5H,1,4H2,2H3,(H,9,14)(H,10,11)(H,12,13)/t5-/m0/s1/i1D. The molecule has 78 valence electrons. The highest BCUT2D eigenvalue weighted by Gasteiger charge is 2.14. The fourth-order valence-corrected chi connectivity index (χ4v) is 0.643. The third-order valence-corrected chi connectivity index (χ3v) is 1.32. The zero-order valence-corrected chi connectivity index (χ0v) is 7.61. The quantitative estimate of drug-likeness (QED) is 0.491. The first kappa shape index (κ1) is 10.2. The summed E-state index contributed by atoms with van der Waals surface area (Å²) in [5, 5.41) is 12.6. The Hall–Kier alpha value is -1.85. The molecule has 6 nitrogen and oxygen atoms in total. The van der Waals surface area contributed by atoms with Crippen molar-refractivity contribution >= 4 is 17.8 Å². The fourth-order valence-electron chi connectivity index (χ4n) is 0.643. The van der Waals surface area contributed by atoms with E-state index in [4.69, 9.17) is 6.48 Å². The molecule has 3 N–H and O–H groups in total. The van der Waals surface area contributed by atoms with E-state index in [1.54, 1.807) is 0 Å². The van der Waals surface area contributed by atoms with E-state index >= 15 is 0 Å². The number of carboxylic acid groups (broad SMARTS) is 1. The van der Waals surface area contributed by atoms with Crippen molar-refractivity contribution in [1.29, 1.82) is 0 Å². The molecule has 0 radical (unpaired) electrons. The van der Waals surface area contributed by atoms with Gasteiger partial charge in [-0.05, 0) is 13.0 Å². The van der Waals surface area contributed by atoms with Crippen molar-refractivity contribution in [2.24, 2.45) is 0 Å². The number of amides is 2. The summed E-state index contributed by atoms with van der Waals surface area (Å²) < 4.78 is 6.60. The minimum atomic E-state index is -1.16. The number of aliphatic carboxylic acids is 1. The van der Waals surface area contributed by atoms with Gasteiger partial charge in [-0.1, -0.05) is 6.55 Å². The van der Waals surface area contributed by atoms with Gasteiger partial charge < -0.3 is 15.7 Å². The monoisotopic (exact) mass is 201 g/mol. The Labute approximate surface area is 82.4 Å². The molecule has 2 amide bonds. The maximum atomic E-state index is 11.1. The van der Waals surface area contributed by atoms with E-state index in [0.717, 1.165) is 12.6 Å². The maximum absolute atomic E-state index is 11.1. The second-order valence-corrected chi connectivity index (χ2v) is 2.51. The molecule has 0 bridgehead atoms. The van der Waals surface area contributed by atoms with Gasteiger partial charge in [0.1, 0.15) is 12.6 Å². The van der Waals surface area contributed by atoms with Crippen LogP contribution < -0.4 is 10.6 Å². The van der Waals surface area contributed by atoms with Crippen LogP contribution >= 0.6 is 0 Å². The third-order valence-electron chi connectivity index (χ3n) is 1.32. The summed E-state index contributed by atoms with van der Waals surface area (Å²) in [6.07, 6.45) is 0.945. The predicted molar refractivity (Wildman–Crippen MR) is 48.4 cm³/mol. The van der Waals surface area contributed by atoms with Crippen LogP contribution in [-0.4, -0.2) is 35.5 Å². The molecule has 0 aromatic heterocycles. The zero-order chi connectivity index (χ0) is 11.8. The first-order valence-corrected chi connectivity index (χ1v) is 3.82. The number of hydrogen-bond acceptors (Lipinski definition) is 3. The van der Waals surface area contributed by atoms with Crippen molar-refractivity contribution in [3.05, 3.63) is 12.6 Å². The normalized spacial score (nSPS) is 13.1. The summed E-state index contributed by atoms with van der Waals surface area (Å²) >= 11 is 0. The van der Waals surface area contributed by atoms with Crippen molar-refractivity contribution in [3.8, 4) is 0 Å². The molecule has 0 heterocycles. The first-order chi connectivity index (χ1) is 6.97. The van der Waals surface area contributed by atoms with E-state index in [0.29, 0.717) is 0 Å². The zero-order valence-electron chi connectivity index (χ0n) is 8.61. The Kier molecular flexibility index (Phi) is 4.19. The SMILES string of the molecule is [2H]C=CC(=O)N[C@@H](C)C(=O)NCC(=O)O. The molecule has 0 saturated carbocycles. The molecule has 0 saturated heterocycles. The average molecular weight is 201 g/mol. The highest BCUT2D eigenvalue weighted by Crippen LogP contribution is 1.82. The Morgan fingerprint density at radius 2 is 2.29 bits per heavy atom. The third kappa shape index (κ3) is 4.91. The van der Waals surface area contributed by atoms with E-state index in [9.17, 15) is 14.4 Å². The van der Waals surface area contributed by atoms with Gasteiger partial charge in [0.05, 0.1) is 1.37 Å². The van der Waals surface area contributed by atoms with Gasteiger partial charge in [0, 0.05) is 0 Å². The van der Waals surface area contributed by atoms with Crippen molar-refractivity contribution in [3.63, 3.8) is 0 Å². The molecular weight excluding hydrogens is 188 g/mol. The van der Waals surface area contributed by atoms with Crippen molar-refractivity contribution in [2.75, 3.05) is 6.54 Å². The highest BCUT2D eigenvalue weighted by molar-refractivity contribution is 5.93. The van der Waals surface area contributed by atoms with Crippen LogP contribution in [0.15, 0.2) is 12.6 Å². The van der Waals surface area contributed by atoms with Gasteiger partial charge in [0.15, 0.2) is 0 Å². The maximum Gasteiger partial charge on any atom is 0.322 e. The molecule has 0 unspecified atom stereocenters. The van der Waals surface area contributed by atoms with E-state index in [-0.39, 0.29) is 0 Å². The number of rotatable bonds is 5. The van der Waals surface area contributed by atoms with Crippen LogP contribution in [-0.2, 0) is 14.4 Å². The van der Waals surface area contributed by atoms with E-state index in [2.05, 4.69) is 10.6 Å². The molecule has 0 aromatic carbocycles. The van der Waals surface area contributed by atoms with Crippen LogP contribution in [0.5, 0.6) is 0 Å². The van der Waals surface area contributed by atoms with Gasteiger partial charge in [0.2, 0.25) is 11.8 Å². The molecule has 0 spiro atoms. The lowest BCUT2D eigenvalue weighted by atomic mass is 10.3. The molecule has 0 fully saturated rings. The van der Waals surface area contributed by atoms with E-state index in [1.807, 2.05) is 0 Å². The Bertz CT molecular complexity index is 290. The molecular formula is C8H12N2O4. The Morgan fingerprint density at radius 3 is 2.79 bits per heavy atom. The van der Waals surface area contributed by atoms with Crippen LogP contribution in [0.25, 0.3) is 0 Å². The van der Waals surface area contributed by atoms with Crippen LogP contribution in [0.1, 0.15) is 8.29 Å². The molecule has 0 aliphatic heterocycles. The minimum Gasteiger partial charge on any atom is -0.480 e. The van der Waals surface area contributed by atoms with E-state index in [1.165, 1.54) is 6.92 Å². The molecule has 14 heavy (non-hydrogen) atoms. The summed E-state index contributed by atoms with van der Waals surface area (Å²) in [4.78, 5) is 32.1. The van der Waals surface area contributed by atoms with Gasteiger partial charge in [-0.15, -0.1) is 0 Å². The van der Waals surface area contributed by atoms with Gasteiger partial charge in [0.25, 0.3) is 0 Å². The molecule has 0 rings (SSSR count). The summed E-state index contributed by atoms with van der Waals surface area (Å²) in [5.41, 5.74) is 0. The second kappa shape index (κ2) is 5.74. The van der Waals surface area contributed by atoms with Gasteiger partial charge in [-0.2, -0.15) is 0 Å². The molecule has 0 aliphatic rings. The highest BCUT2D eigenvalue weighted by atomic mass is 16.4. The summed E-state index contributed by atoms with van der Waals surface area (Å²) in [6, 6.07) is -0.840. The van der Waals surface area contributed by atoms with Crippen LogP contribution in [0.3, 0.4) is 0 Å². The number of carboxylic acids is 1. The average Bonchev–Trinajstić information content (AvgIpc) is 2.14. The largest absolute Gasteiger partial charge is 0.480 e. The number of nitrogens with one attached hydrogen (secondary N) is 2. The Morgan fingerprint density at radius 1 is 1.64 bits per heavy atom. The fraction of sp³-hybridized carbons (Fsp3) is 0.375. The smallest absolute Gasteiger partial charge is 0.322 e. The number of carbonyl (C=O) groups excluding carboxylic acids is 2. The second-order valence-electron chi connectivity index (χ2n) is 2.51. The topological polar surface area (TPSA) is 95.5 Å². The van der Waals surface area contributed by atoms with Crippen molar-refractivity contribution in [1.82, 2.24) is 10.6 Å². The lowest BCUT2D eigenvalue weighted by molar-refractivity contribution is -0.138. The lowest BCUT2D eigenvalue weighted by Gasteiger charge is -2.11. The Balaban J connectivity index is 3.98. The molecule has 6 heteroatoms. The van der Waals surface area contributed by atoms with Gasteiger partial charge in [-0.3, -0.25) is 14.4 Å². The molecule has 0 aliphatic carbocycles. The number of carbonyl (C=O) groups is 3. The van der Waals surface area contributed by atoms with Crippen LogP contribution in [0, 0.1) is 0 Å². The predicted octanol–water partition coefficient (Wildman–Crippen LogP) is -1.12. The summed E-state index contributed by atoms with van der Waals surface area (Å²) in [5.74, 6) is -2.33. The molecule has 0 aromatic rings. The number of hydrogen-bond donors (Lipinski definition) is 3. The van der Waals surface area contributed by atoms with Crippen molar-refractivity contribution in [2.45, 2.75) is 13.0 Å².